The molecule has 1 aromatic heterocycles. The summed E-state index contributed by atoms with van der Waals surface area (Å²) in [6.45, 7) is 6.30. The van der Waals surface area contributed by atoms with E-state index in [1.54, 1.807) is 0 Å². The van der Waals surface area contributed by atoms with Crippen molar-refractivity contribution >= 4 is 11.8 Å². The Bertz CT molecular complexity index is 283. The monoisotopic (exact) mass is 227 g/mol. The van der Waals surface area contributed by atoms with Gasteiger partial charge in [0, 0.05) is 25.4 Å². The van der Waals surface area contributed by atoms with E-state index in [1.807, 2.05) is 23.5 Å². The second-order valence-electron chi connectivity index (χ2n) is 3.64. The first-order valence-electron chi connectivity index (χ1n) is 5.51. The van der Waals surface area contributed by atoms with Crippen molar-refractivity contribution in [2.24, 2.45) is 7.05 Å². The number of nitrogens with zero attached hydrogens (tertiary/aromatic N) is 2. The van der Waals surface area contributed by atoms with E-state index in [2.05, 4.69) is 30.5 Å². The zero-order valence-corrected chi connectivity index (χ0v) is 10.7. The van der Waals surface area contributed by atoms with Crippen molar-refractivity contribution in [3.05, 3.63) is 17.5 Å². The lowest BCUT2D eigenvalue weighted by atomic mass is 10.2. The molecule has 1 heterocycles. The van der Waals surface area contributed by atoms with Crippen molar-refractivity contribution in [2.45, 2.75) is 26.8 Å². The molecule has 0 fully saturated rings. The molecule has 0 aromatic carbocycles. The van der Waals surface area contributed by atoms with Crippen LogP contribution in [-0.2, 0) is 13.6 Å². The molecule has 1 aromatic rings. The Balaban J connectivity index is 2.12. The maximum absolute atomic E-state index is 4.31. The zero-order valence-electron chi connectivity index (χ0n) is 9.92. The van der Waals surface area contributed by atoms with E-state index in [9.17, 15) is 0 Å². The van der Waals surface area contributed by atoms with Crippen LogP contribution in [-0.4, -0.2) is 27.8 Å². The lowest BCUT2D eigenvalue weighted by Gasteiger charge is -2.02. The Labute approximate surface area is 96.6 Å². The van der Waals surface area contributed by atoms with Gasteiger partial charge < -0.3 is 5.32 Å². The molecule has 1 rings (SSSR count). The van der Waals surface area contributed by atoms with Gasteiger partial charge in [0.2, 0.25) is 0 Å². The van der Waals surface area contributed by atoms with Gasteiger partial charge in [0.1, 0.15) is 0 Å². The molecule has 3 nitrogen and oxygen atoms in total. The Kier molecular flexibility index (Phi) is 5.79. The Morgan fingerprint density at radius 1 is 1.53 bits per heavy atom. The minimum Gasteiger partial charge on any atom is -0.313 e. The summed E-state index contributed by atoms with van der Waals surface area (Å²) in [7, 11) is 1.97. The van der Waals surface area contributed by atoms with Crippen molar-refractivity contribution in [1.82, 2.24) is 15.1 Å². The minimum atomic E-state index is 0.941. The topological polar surface area (TPSA) is 29.9 Å². The molecular formula is C11H21N3S. The zero-order chi connectivity index (χ0) is 11.1. The number of rotatable bonds is 7. The summed E-state index contributed by atoms with van der Waals surface area (Å²) in [5, 5.41) is 7.76. The number of hydrogen-bond donors (Lipinski definition) is 1. The molecule has 0 spiro atoms. The summed E-state index contributed by atoms with van der Waals surface area (Å²) < 4.78 is 1.87. The third-order valence-electron chi connectivity index (χ3n) is 2.28. The van der Waals surface area contributed by atoms with Crippen molar-refractivity contribution in [1.29, 1.82) is 0 Å². The van der Waals surface area contributed by atoms with Gasteiger partial charge in [0.15, 0.2) is 0 Å². The molecule has 0 atom stereocenters. The van der Waals surface area contributed by atoms with Gasteiger partial charge in [-0.15, -0.1) is 0 Å². The SMILES string of the molecule is CCSCCCNCc1cn(C)nc1C. The quantitative estimate of drug-likeness (QED) is 0.722. The second kappa shape index (κ2) is 6.90. The summed E-state index contributed by atoms with van der Waals surface area (Å²) in [4.78, 5) is 0. The highest BCUT2D eigenvalue weighted by atomic mass is 32.2. The highest BCUT2D eigenvalue weighted by Gasteiger charge is 2.01. The molecule has 0 bridgehead atoms. The predicted molar refractivity (Wildman–Crippen MR) is 67.3 cm³/mol. The second-order valence-corrected chi connectivity index (χ2v) is 5.03. The maximum Gasteiger partial charge on any atom is 0.0638 e. The van der Waals surface area contributed by atoms with Gasteiger partial charge in [0.25, 0.3) is 0 Å². The third-order valence-corrected chi connectivity index (χ3v) is 3.26. The van der Waals surface area contributed by atoms with Crippen LogP contribution in [0.15, 0.2) is 6.20 Å². The van der Waals surface area contributed by atoms with E-state index < -0.39 is 0 Å². The van der Waals surface area contributed by atoms with Gasteiger partial charge in [0.05, 0.1) is 5.69 Å². The highest BCUT2D eigenvalue weighted by molar-refractivity contribution is 7.99. The first-order chi connectivity index (χ1) is 7.24. The van der Waals surface area contributed by atoms with Crippen molar-refractivity contribution in [3.8, 4) is 0 Å². The lowest BCUT2D eigenvalue weighted by molar-refractivity contribution is 0.676. The fraction of sp³-hybridized carbons (Fsp3) is 0.727. The molecule has 0 unspecified atom stereocenters. The number of aromatic nitrogens is 2. The molecule has 0 saturated heterocycles. The molecular weight excluding hydrogens is 206 g/mol. The first kappa shape index (κ1) is 12.6. The van der Waals surface area contributed by atoms with Crippen LogP contribution >= 0.6 is 11.8 Å². The van der Waals surface area contributed by atoms with Crippen LogP contribution in [0.25, 0.3) is 0 Å². The molecule has 0 amide bonds. The van der Waals surface area contributed by atoms with Crippen molar-refractivity contribution < 1.29 is 0 Å². The maximum atomic E-state index is 4.31. The number of hydrogen-bond acceptors (Lipinski definition) is 3. The van der Waals surface area contributed by atoms with E-state index in [1.165, 1.54) is 23.5 Å². The summed E-state index contributed by atoms with van der Waals surface area (Å²) in [6, 6.07) is 0. The lowest BCUT2D eigenvalue weighted by Crippen LogP contribution is -2.15. The average molecular weight is 227 g/mol. The molecule has 15 heavy (non-hydrogen) atoms. The van der Waals surface area contributed by atoms with E-state index in [4.69, 9.17) is 0 Å². The smallest absolute Gasteiger partial charge is 0.0638 e. The standard InChI is InChI=1S/C11H21N3S/c1-4-15-7-5-6-12-8-11-9-14(3)13-10(11)2/h9,12H,4-8H2,1-3H3. The van der Waals surface area contributed by atoms with Crippen LogP contribution in [0.4, 0.5) is 0 Å². The van der Waals surface area contributed by atoms with E-state index >= 15 is 0 Å². The van der Waals surface area contributed by atoms with Crippen molar-refractivity contribution in [3.63, 3.8) is 0 Å². The van der Waals surface area contributed by atoms with Gasteiger partial charge in [-0.2, -0.15) is 16.9 Å². The normalized spacial score (nSPS) is 10.9. The fourth-order valence-electron chi connectivity index (χ4n) is 1.49. The van der Waals surface area contributed by atoms with E-state index in [0.717, 1.165) is 18.8 Å². The predicted octanol–water partition coefficient (Wildman–Crippen LogP) is 1.96. The Morgan fingerprint density at radius 2 is 2.33 bits per heavy atom. The molecule has 4 heteroatoms. The van der Waals surface area contributed by atoms with Gasteiger partial charge in [-0.05, 0) is 31.4 Å². The number of aryl methyl sites for hydroxylation is 2. The largest absolute Gasteiger partial charge is 0.313 e. The fourth-order valence-corrected chi connectivity index (χ4v) is 2.13. The van der Waals surface area contributed by atoms with Crippen LogP contribution in [0.3, 0.4) is 0 Å². The number of thioether (sulfide) groups is 1. The molecule has 86 valence electrons. The third kappa shape index (κ3) is 4.71. The summed E-state index contributed by atoms with van der Waals surface area (Å²) in [5.41, 5.74) is 2.44. The molecule has 0 saturated carbocycles. The molecule has 0 radical (unpaired) electrons. The summed E-state index contributed by atoms with van der Waals surface area (Å²) >= 11 is 2.01. The van der Waals surface area contributed by atoms with E-state index in [0.29, 0.717) is 0 Å². The average Bonchev–Trinajstić information content (AvgIpc) is 2.51. The van der Waals surface area contributed by atoms with Gasteiger partial charge in [-0.3, -0.25) is 4.68 Å². The van der Waals surface area contributed by atoms with Gasteiger partial charge in [-0.1, -0.05) is 6.92 Å². The number of nitrogens with one attached hydrogen (secondary N) is 1. The molecule has 0 aliphatic heterocycles. The van der Waals surface area contributed by atoms with Crippen LogP contribution in [0.5, 0.6) is 0 Å². The van der Waals surface area contributed by atoms with Crippen molar-refractivity contribution in [2.75, 3.05) is 18.1 Å². The molecule has 0 aliphatic rings. The molecule has 0 aliphatic carbocycles. The van der Waals surface area contributed by atoms with Gasteiger partial charge >= 0.3 is 0 Å². The summed E-state index contributed by atoms with van der Waals surface area (Å²) in [5.74, 6) is 2.48. The van der Waals surface area contributed by atoms with Crippen LogP contribution < -0.4 is 5.32 Å². The van der Waals surface area contributed by atoms with Gasteiger partial charge in [-0.25, -0.2) is 0 Å². The highest BCUT2D eigenvalue weighted by Crippen LogP contribution is 2.04. The molecule has 1 N–H and O–H groups in total. The van der Waals surface area contributed by atoms with Crippen LogP contribution in [0.2, 0.25) is 0 Å². The summed E-state index contributed by atoms with van der Waals surface area (Å²) in [6.07, 6.45) is 3.33. The Morgan fingerprint density at radius 3 is 2.93 bits per heavy atom. The van der Waals surface area contributed by atoms with Crippen LogP contribution in [0, 0.1) is 6.92 Å². The van der Waals surface area contributed by atoms with E-state index in [-0.39, 0.29) is 0 Å². The van der Waals surface area contributed by atoms with Crippen LogP contribution in [0.1, 0.15) is 24.6 Å². The minimum absolute atomic E-state index is 0.941. The Hall–Kier alpha value is -0.480. The first-order valence-corrected chi connectivity index (χ1v) is 6.67.